The Morgan fingerprint density at radius 2 is 1.76 bits per heavy atom. The highest BCUT2D eigenvalue weighted by atomic mass is 19.1. The lowest BCUT2D eigenvalue weighted by Gasteiger charge is -2.04. The van der Waals surface area contributed by atoms with Crippen molar-refractivity contribution < 1.29 is 18.7 Å². The molecule has 3 aromatic carbocycles. The number of halogens is 1. The first-order valence-electron chi connectivity index (χ1n) is 10.4. The number of nitrogens with one attached hydrogen (secondary N) is 2. The summed E-state index contributed by atoms with van der Waals surface area (Å²) in [6.07, 6.45) is 1.66. The average molecular weight is 458 g/mol. The van der Waals surface area contributed by atoms with Crippen molar-refractivity contribution in [1.82, 2.24) is 15.4 Å². The Labute approximate surface area is 193 Å². The lowest BCUT2D eigenvalue weighted by Crippen LogP contribution is -2.21. The Morgan fingerprint density at radius 1 is 1.03 bits per heavy atom. The van der Waals surface area contributed by atoms with Gasteiger partial charge in [-0.1, -0.05) is 12.1 Å². The molecule has 0 bridgehead atoms. The monoisotopic (exact) mass is 458 g/mol. The molecule has 0 aliphatic carbocycles. The summed E-state index contributed by atoms with van der Waals surface area (Å²) in [6.45, 7) is 0. The molecule has 0 spiro atoms. The molecule has 2 N–H and O–H groups in total. The van der Waals surface area contributed by atoms with E-state index in [9.17, 15) is 18.8 Å². The van der Waals surface area contributed by atoms with Crippen LogP contribution in [0.25, 0.3) is 11.0 Å². The molecule has 0 aliphatic heterocycles. The number of aryl methyl sites for hydroxylation is 1. The number of benzene rings is 3. The molecule has 0 atom stereocenters. The summed E-state index contributed by atoms with van der Waals surface area (Å²) in [5, 5.41) is 3.90. The highest BCUT2D eigenvalue weighted by Gasteiger charge is 2.09. The third kappa shape index (κ3) is 5.77. The van der Waals surface area contributed by atoms with Crippen molar-refractivity contribution in [2.24, 2.45) is 5.10 Å². The topological polar surface area (TPSA) is 114 Å². The summed E-state index contributed by atoms with van der Waals surface area (Å²) >= 11 is 0. The molecular formula is C25H19FN4O4. The van der Waals surface area contributed by atoms with E-state index < -0.39 is 11.8 Å². The van der Waals surface area contributed by atoms with Crippen molar-refractivity contribution >= 4 is 29.1 Å². The number of esters is 1. The molecule has 0 unspecified atom stereocenters. The number of para-hydroxylation sites is 2. The number of ether oxygens (including phenoxy) is 1. The molecule has 0 fully saturated rings. The molecule has 0 radical (unpaired) electrons. The van der Waals surface area contributed by atoms with Gasteiger partial charge in [0, 0.05) is 12.8 Å². The van der Waals surface area contributed by atoms with Crippen LogP contribution in [0.3, 0.4) is 0 Å². The molecule has 1 heterocycles. The number of hydrazone groups is 1. The highest BCUT2D eigenvalue weighted by Crippen LogP contribution is 2.14. The molecule has 170 valence electrons. The molecule has 0 saturated carbocycles. The number of aromatic amines is 1. The number of hydrogen-bond acceptors (Lipinski definition) is 6. The summed E-state index contributed by atoms with van der Waals surface area (Å²) in [5.74, 6) is -1.10. The molecule has 4 rings (SSSR count). The second kappa shape index (κ2) is 10.3. The van der Waals surface area contributed by atoms with Gasteiger partial charge in [0.2, 0.25) is 5.91 Å². The normalized spacial score (nSPS) is 11.0. The van der Waals surface area contributed by atoms with Crippen molar-refractivity contribution in [2.45, 2.75) is 12.8 Å². The van der Waals surface area contributed by atoms with Crippen molar-refractivity contribution in [1.29, 1.82) is 0 Å². The maximum absolute atomic E-state index is 13.0. The smallest absolute Gasteiger partial charge is 0.343 e. The van der Waals surface area contributed by atoms with Gasteiger partial charge in [0.25, 0.3) is 5.56 Å². The minimum absolute atomic E-state index is 0.0457. The standard InChI is InChI=1S/C25H19FN4O4/c26-18-9-7-17(8-10-18)25(33)34-19-11-5-16(6-12-19)15-27-30-23(31)14-13-22-24(32)29-21-4-2-1-3-20(21)28-22/h1-12,15H,13-14H2,(H,29,32)(H,30,31)/b27-15-. The number of fused-ring (bicyclic) bond motifs is 1. The van der Waals surface area contributed by atoms with Crippen LogP contribution in [-0.2, 0) is 11.2 Å². The van der Waals surface area contributed by atoms with Gasteiger partial charge in [0.15, 0.2) is 0 Å². The van der Waals surface area contributed by atoms with Gasteiger partial charge in [-0.2, -0.15) is 5.10 Å². The number of carbonyl (C=O) groups is 2. The third-order valence-electron chi connectivity index (χ3n) is 4.83. The maximum atomic E-state index is 13.0. The largest absolute Gasteiger partial charge is 0.423 e. The molecule has 1 amide bonds. The lowest BCUT2D eigenvalue weighted by atomic mass is 10.2. The maximum Gasteiger partial charge on any atom is 0.343 e. The predicted molar refractivity (Wildman–Crippen MR) is 124 cm³/mol. The molecular weight excluding hydrogens is 439 g/mol. The van der Waals surface area contributed by atoms with Crippen LogP contribution in [0.4, 0.5) is 4.39 Å². The SMILES string of the molecule is O=C(CCc1nc2ccccc2[nH]c1=O)N/N=C\c1ccc(OC(=O)c2ccc(F)cc2)cc1. The zero-order valence-corrected chi connectivity index (χ0v) is 17.8. The minimum atomic E-state index is -0.603. The van der Waals surface area contributed by atoms with Crippen LogP contribution < -0.4 is 15.7 Å². The van der Waals surface area contributed by atoms with Gasteiger partial charge in [-0.3, -0.25) is 9.59 Å². The van der Waals surface area contributed by atoms with Crippen molar-refractivity contribution in [3.63, 3.8) is 0 Å². The van der Waals surface area contributed by atoms with E-state index in [1.807, 2.05) is 6.07 Å². The summed E-state index contributed by atoms with van der Waals surface area (Å²) in [5.41, 5.74) is 4.55. The Balaban J connectivity index is 1.27. The van der Waals surface area contributed by atoms with E-state index in [4.69, 9.17) is 4.74 Å². The van der Waals surface area contributed by atoms with Gasteiger partial charge in [0.05, 0.1) is 22.8 Å². The van der Waals surface area contributed by atoms with Crippen LogP contribution in [0.5, 0.6) is 5.75 Å². The zero-order chi connectivity index (χ0) is 23.9. The van der Waals surface area contributed by atoms with E-state index in [1.54, 1.807) is 42.5 Å². The van der Waals surface area contributed by atoms with Gasteiger partial charge in [-0.15, -0.1) is 0 Å². The van der Waals surface area contributed by atoms with Crippen LogP contribution in [0.2, 0.25) is 0 Å². The zero-order valence-electron chi connectivity index (χ0n) is 17.8. The summed E-state index contributed by atoms with van der Waals surface area (Å²) < 4.78 is 18.2. The van der Waals surface area contributed by atoms with Gasteiger partial charge < -0.3 is 9.72 Å². The molecule has 34 heavy (non-hydrogen) atoms. The van der Waals surface area contributed by atoms with Crippen LogP contribution >= 0.6 is 0 Å². The molecule has 8 nitrogen and oxygen atoms in total. The van der Waals surface area contributed by atoms with Gasteiger partial charge in [0.1, 0.15) is 17.3 Å². The fourth-order valence-electron chi connectivity index (χ4n) is 3.08. The van der Waals surface area contributed by atoms with Gasteiger partial charge in [-0.05, 0) is 66.2 Å². The number of nitrogens with zero attached hydrogens (tertiary/aromatic N) is 2. The number of rotatable bonds is 7. The Hall–Kier alpha value is -4.66. The van der Waals surface area contributed by atoms with E-state index in [2.05, 4.69) is 20.5 Å². The van der Waals surface area contributed by atoms with E-state index in [0.29, 0.717) is 22.3 Å². The third-order valence-corrected chi connectivity index (χ3v) is 4.83. The van der Waals surface area contributed by atoms with Crippen LogP contribution in [0, 0.1) is 5.82 Å². The van der Waals surface area contributed by atoms with E-state index in [1.165, 1.54) is 30.5 Å². The van der Waals surface area contributed by atoms with Crippen molar-refractivity contribution in [3.05, 3.63) is 106 Å². The lowest BCUT2D eigenvalue weighted by molar-refractivity contribution is -0.121. The second-order valence-electron chi connectivity index (χ2n) is 7.29. The quantitative estimate of drug-likeness (QED) is 0.191. The Morgan fingerprint density at radius 3 is 2.53 bits per heavy atom. The minimum Gasteiger partial charge on any atom is -0.423 e. The molecule has 1 aromatic heterocycles. The fraction of sp³-hybridized carbons (Fsp3) is 0.0800. The Bertz CT molecular complexity index is 1410. The summed E-state index contributed by atoms with van der Waals surface area (Å²) in [6, 6.07) is 18.7. The van der Waals surface area contributed by atoms with Gasteiger partial charge >= 0.3 is 5.97 Å². The van der Waals surface area contributed by atoms with E-state index in [0.717, 1.165) is 0 Å². The van der Waals surface area contributed by atoms with E-state index >= 15 is 0 Å². The fourth-order valence-corrected chi connectivity index (χ4v) is 3.08. The first-order chi connectivity index (χ1) is 16.5. The number of hydrogen-bond donors (Lipinski definition) is 2. The number of aromatic nitrogens is 2. The molecule has 0 saturated heterocycles. The first-order valence-corrected chi connectivity index (χ1v) is 10.4. The molecule has 0 aliphatic rings. The van der Waals surface area contributed by atoms with Crippen LogP contribution in [0.1, 0.15) is 28.0 Å². The summed E-state index contributed by atoms with van der Waals surface area (Å²) in [7, 11) is 0. The van der Waals surface area contributed by atoms with Gasteiger partial charge in [-0.25, -0.2) is 19.6 Å². The number of H-pyrrole nitrogens is 1. The summed E-state index contributed by atoms with van der Waals surface area (Å²) in [4.78, 5) is 43.3. The average Bonchev–Trinajstić information content (AvgIpc) is 2.84. The number of amides is 1. The molecule has 4 aromatic rings. The van der Waals surface area contributed by atoms with E-state index in [-0.39, 0.29) is 35.6 Å². The van der Waals surface area contributed by atoms with Crippen molar-refractivity contribution in [3.8, 4) is 5.75 Å². The van der Waals surface area contributed by atoms with Crippen LogP contribution in [0.15, 0.2) is 82.7 Å². The first kappa shape index (κ1) is 22.5. The van der Waals surface area contributed by atoms with Crippen molar-refractivity contribution in [2.75, 3.05) is 0 Å². The molecule has 9 heteroatoms. The predicted octanol–water partition coefficient (Wildman–Crippen LogP) is 3.36. The highest BCUT2D eigenvalue weighted by molar-refractivity contribution is 5.91. The van der Waals surface area contributed by atoms with Crippen LogP contribution in [-0.4, -0.2) is 28.1 Å². The Kier molecular flexibility index (Phi) is 6.83. The second-order valence-corrected chi connectivity index (χ2v) is 7.29. The number of carbonyl (C=O) groups excluding carboxylic acids is 2.